The Kier molecular flexibility index (Phi) is 4.97. The molecule has 1 saturated heterocycles. The molecule has 0 spiro atoms. The van der Waals surface area contributed by atoms with E-state index >= 15 is 0 Å². The highest BCUT2D eigenvalue weighted by Gasteiger charge is 2.28. The fourth-order valence-electron chi connectivity index (χ4n) is 3.66. The summed E-state index contributed by atoms with van der Waals surface area (Å²) in [7, 11) is 0. The van der Waals surface area contributed by atoms with Gasteiger partial charge in [0.2, 0.25) is 5.95 Å². The number of carbonyl (C=O) groups is 1. The van der Waals surface area contributed by atoms with Gasteiger partial charge in [-0.05, 0) is 42.7 Å². The van der Waals surface area contributed by atoms with Gasteiger partial charge >= 0.3 is 0 Å². The van der Waals surface area contributed by atoms with Crippen LogP contribution in [0.1, 0.15) is 34.8 Å². The Morgan fingerprint density at radius 2 is 2.11 bits per heavy atom. The summed E-state index contributed by atoms with van der Waals surface area (Å²) in [6, 6.07) is 9.85. The van der Waals surface area contributed by atoms with Crippen LogP contribution in [0.25, 0.3) is 11.1 Å². The zero-order chi connectivity index (χ0) is 19.5. The molecule has 1 aromatic carbocycles. The molecule has 2 N–H and O–H groups in total. The van der Waals surface area contributed by atoms with Gasteiger partial charge < -0.3 is 10.6 Å². The molecule has 0 radical (unpaired) electrons. The van der Waals surface area contributed by atoms with Gasteiger partial charge in [-0.2, -0.15) is 0 Å². The average molecular weight is 377 g/mol. The van der Waals surface area contributed by atoms with Crippen molar-refractivity contribution < 1.29 is 9.18 Å². The monoisotopic (exact) mass is 377 g/mol. The Morgan fingerprint density at radius 3 is 2.89 bits per heavy atom. The minimum absolute atomic E-state index is 0.00191. The van der Waals surface area contributed by atoms with E-state index in [0.717, 1.165) is 24.1 Å². The molecule has 142 valence electrons. The molecule has 28 heavy (non-hydrogen) atoms. The van der Waals surface area contributed by atoms with Crippen molar-refractivity contribution in [1.29, 1.82) is 0 Å². The molecular formula is C21H20FN5O. The maximum Gasteiger partial charge on any atom is 0.255 e. The molecule has 0 bridgehead atoms. The van der Waals surface area contributed by atoms with Crippen LogP contribution in [0.2, 0.25) is 0 Å². The number of benzene rings is 1. The maximum absolute atomic E-state index is 13.7. The number of hydrogen-bond acceptors (Lipinski definition) is 5. The van der Waals surface area contributed by atoms with Gasteiger partial charge in [0.15, 0.2) is 0 Å². The average Bonchev–Trinajstić information content (AvgIpc) is 2.74. The van der Waals surface area contributed by atoms with Crippen LogP contribution in [-0.4, -0.2) is 38.8 Å². The number of aromatic nitrogens is 3. The van der Waals surface area contributed by atoms with Crippen LogP contribution < -0.4 is 5.73 Å². The predicted molar refractivity (Wildman–Crippen MR) is 104 cm³/mol. The maximum atomic E-state index is 13.7. The lowest BCUT2D eigenvalue weighted by molar-refractivity contribution is 0.0705. The van der Waals surface area contributed by atoms with Crippen molar-refractivity contribution in [2.24, 2.45) is 0 Å². The molecule has 4 rings (SSSR count). The second kappa shape index (κ2) is 7.72. The molecule has 1 aliphatic rings. The Hall–Kier alpha value is -3.35. The molecule has 1 fully saturated rings. The van der Waals surface area contributed by atoms with E-state index in [4.69, 9.17) is 5.73 Å². The lowest BCUT2D eigenvalue weighted by atomic mass is 9.89. The molecule has 1 amide bonds. The lowest BCUT2D eigenvalue weighted by Gasteiger charge is -2.33. The molecule has 1 atom stereocenters. The summed E-state index contributed by atoms with van der Waals surface area (Å²) in [6.07, 6.45) is 6.57. The van der Waals surface area contributed by atoms with Crippen molar-refractivity contribution in [2.45, 2.75) is 18.8 Å². The molecule has 7 heteroatoms. The number of piperidine rings is 1. The first-order valence-corrected chi connectivity index (χ1v) is 9.19. The topological polar surface area (TPSA) is 85.0 Å². The van der Waals surface area contributed by atoms with Crippen LogP contribution in [0, 0.1) is 5.82 Å². The largest absolute Gasteiger partial charge is 0.368 e. The molecule has 0 unspecified atom stereocenters. The summed E-state index contributed by atoms with van der Waals surface area (Å²) in [5, 5.41) is 0. The van der Waals surface area contributed by atoms with E-state index in [1.807, 2.05) is 11.0 Å². The predicted octanol–water partition coefficient (Wildman–Crippen LogP) is 3.28. The van der Waals surface area contributed by atoms with Crippen molar-refractivity contribution in [3.63, 3.8) is 0 Å². The van der Waals surface area contributed by atoms with E-state index in [-0.39, 0.29) is 23.6 Å². The zero-order valence-electron chi connectivity index (χ0n) is 15.3. The third-order valence-electron chi connectivity index (χ3n) is 4.98. The normalized spacial score (nSPS) is 16.8. The Balaban J connectivity index is 1.65. The van der Waals surface area contributed by atoms with Crippen LogP contribution in [0.15, 0.2) is 55.0 Å². The third kappa shape index (κ3) is 3.69. The van der Waals surface area contributed by atoms with Gasteiger partial charge in [-0.25, -0.2) is 14.4 Å². The number of carbonyl (C=O) groups excluding carboxylic acids is 1. The fraction of sp³-hybridized carbons (Fsp3) is 0.238. The lowest BCUT2D eigenvalue weighted by Crippen LogP contribution is -2.39. The third-order valence-corrected chi connectivity index (χ3v) is 4.98. The van der Waals surface area contributed by atoms with E-state index in [0.29, 0.717) is 24.2 Å². The van der Waals surface area contributed by atoms with Gasteiger partial charge in [0.05, 0.1) is 11.3 Å². The Morgan fingerprint density at radius 1 is 1.21 bits per heavy atom. The molecule has 0 saturated carbocycles. The summed E-state index contributed by atoms with van der Waals surface area (Å²) in [4.78, 5) is 27.2. The highest BCUT2D eigenvalue weighted by Crippen LogP contribution is 2.34. The SMILES string of the molecule is Nc1ncc(-c2cccc(F)c2)c([C@@H]2CCCN(C(=O)c3cccnc3)C2)n1. The van der Waals surface area contributed by atoms with E-state index in [1.165, 1.54) is 12.1 Å². The first kappa shape index (κ1) is 18.0. The number of hydrogen-bond donors (Lipinski definition) is 1. The number of rotatable bonds is 3. The Bertz CT molecular complexity index is 995. The summed E-state index contributed by atoms with van der Waals surface area (Å²) < 4.78 is 13.7. The highest BCUT2D eigenvalue weighted by molar-refractivity contribution is 5.94. The molecule has 0 aliphatic carbocycles. The highest BCUT2D eigenvalue weighted by atomic mass is 19.1. The standard InChI is InChI=1S/C21H20FN5O/c22-17-7-1-4-14(10-17)18-12-25-21(23)26-19(18)16-6-3-9-27(13-16)20(28)15-5-2-8-24-11-15/h1-2,4-5,7-8,10-12,16H,3,6,9,13H2,(H2,23,25,26)/t16-/m1/s1. The number of nitrogens with zero attached hydrogens (tertiary/aromatic N) is 4. The van der Waals surface area contributed by atoms with Crippen molar-refractivity contribution in [3.8, 4) is 11.1 Å². The van der Waals surface area contributed by atoms with E-state index in [9.17, 15) is 9.18 Å². The van der Waals surface area contributed by atoms with Gasteiger partial charge in [-0.15, -0.1) is 0 Å². The van der Waals surface area contributed by atoms with Gasteiger partial charge in [-0.3, -0.25) is 9.78 Å². The van der Waals surface area contributed by atoms with Crippen molar-refractivity contribution in [1.82, 2.24) is 19.9 Å². The van der Waals surface area contributed by atoms with Crippen molar-refractivity contribution >= 4 is 11.9 Å². The summed E-state index contributed by atoms with van der Waals surface area (Å²) in [5.74, 6) is -0.201. The first-order chi connectivity index (χ1) is 13.6. The first-order valence-electron chi connectivity index (χ1n) is 9.19. The molecular weight excluding hydrogens is 357 g/mol. The number of halogens is 1. The summed E-state index contributed by atoms with van der Waals surface area (Å²) >= 11 is 0. The van der Waals surface area contributed by atoms with Gasteiger partial charge in [0.25, 0.3) is 5.91 Å². The van der Waals surface area contributed by atoms with E-state index in [2.05, 4.69) is 15.0 Å². The van der Waals surface area contributed by atoms with E-state index < -0.39 is 0 Å². The molecule has 2 aromatic heterocycles. The molecule has 1 aliphatic heterocycles. The second-order valence-corrected chi connectivity index (χ2v) is 6.87. The van der Waals surface area contributed by atoms with Crippen molar-refractivity contribution in [3.05, 3.63) is 72.1 Å². The van der Waals surface area contributed by atoms with Gasteiger partial charge in [0, 0.05) is 43.2 Å². The van der Waals surface area contributed by atoms with Crippen LogP contribution in [-0.2, 0) is 0 Å². The quantitative estimate of drug-likeness (QED) is 0.757. The number of likely N-dealkylation sites (tertiary alicyclic amines) is 1. The minimum atomic E-state index is -0.322. The molecule has 3 aromatic rings. The Labute approximate surface area is 162 Å². The fourth-order valence-corrected chi connectivity index (χ4v) is 3.66. The minimum Gasteiger partial charge on any atom is -0.368 e. The van der Waals surface area contributed by atoms with E-state index in [1.54, 1.807) is 36.8 Å². The number of nitrogen functional groups attached to an aromatic ring is 1. The molecule has 3 heterocycles. The zero-order valence-corrected chi connectivity index (χ0v) is 15.3. The van der Waals surface area contributed by atoms with Crippen LogP contribution in [0.5, 0.6) is 0 Å². The summed E-state index contributed by atoms with van der Waals surface area (Å²) in [6.45, 7) is 1.20. The number of anilines is 1. The summed E-state index contributed by atoms with van der Waals surface area (Å²) in [5.41, 5.74) is 8.60. The van der Waals surface area contributed by atoms with Crippen molar-refractivity contribution in [2.75, 3.05) is 18.8 Å². The van der Waals surface area contributed by atoms with Crippen LogP contribution in [0.3, 0.4) is 0 Å². The smallest absolute Gasteiger partial charge is 0.255 e. The van der Waals surface area contributed by atoms with Crippen LogP contribution in [0.4, 0.5) is 10.3 Å². The van der Waals surface area contributed by atoms with Gasteiger partial charge in [0.1, 0.15) is 5.82 Å². The second-order valence-electron chi connectivity index (χ2n) is 6.87. The number of pyridine rings is 1. The van der Waals surface area contributed by atoms with Crippen LogP contribution >= 0.6 is 0 Å². The van der Waals surface area contributed by atoms with Gasteiger partial charge in [-0.1, -0.05) is 12.1 Å². The molecule has 6 nitrogen and oxygen atoms in total. The number of nitrogens with two attached hydrogens (primary N) is 1. The number of amides is 1.